The van der Waals surface area contributed by atoms with Crippen molar-refractivity contribution in [2.75, 3.05) is 6.61 Å². The fraction of sp³-hybridized carbons (Fsp3) is 0.500. The van der Waals surface area contributed by atoms with Crippen LogP contribution in [-0.4, -0.2) is 12.6 Å². The van der Waals surface area contributed by atoms with Crippen LogP contribution in [0.25, 0.3) is 0 Å². The number of benzene rings is 1. The van der Waals surface area contributed by atoms with Gasteiger partial charge in [0.1, 0.15) is 12.4 Å². The van der Waals surface area contributed by atoms with Crippen molar-refractivity contribution in [2.45, 2.75) is 44.6 Å². The lowest BCUT2D eigenvalue weighted by Crippen LogP contribution is -2.41. The van der Waals surface area contributed by atoms with E-state index in [2.05, 4.69) is 11.5 Å². The third kappa shape index (κ3) is 4.82. The molecule has 0 aromatic heterocycles. The summed E-state index contributed by atoms with van der Waals surface area (Å²) in [6.07, 6.45) is 9.73. The molecule has 0 radical (unpaired) electrons. The maximum Gasteiger partial charge on any atom is 0.120 e. The first kappa shape index (κ1) is 15.4. The van der Waals surface area contributed by atoms with Crippen LogP contribution in [0.4, 0.5) is 0 Å². The van der Waals surface area contributed by atoms with Gasteiger partial charge in [-0.1, -0.05) is 42.2 Å². The Hall–Kier alpha value is -1.03. The second-order valence-corrected chi connectivity index (χ2v) is 5.66. The molecular weight excluding hydrogens is 272 g/mol. The molecule has 0 amide bonds. The topological polar surface area (TPSA) is 47.3 Å². The molecular formula is C16H23ClN2O. The van der Waals surface area contributed by atoms with E-state index < -0.39 is 0 Å². The third-order valence-corrected chi connectivity index (χ3v) is 3.92. The summed E-state index contributed by atoms with van der Waals surface area (Å²) >= 11 is 5.95. The van der Waals surface area contributed by atoms with Gasteiger partial charge in [-0.15, -0.1) is 0 Å². The van der Waals surface area contributed by atoms with Crippen molar-refractivity contribution in [3.05, 3.63) is 40.9 Å². The van der Waals surface area contributed by atoms with E-state index in [-0.39, 0.29) is 6.04 Å². The average Bonchev–Trinajstić information content (AvgIpc) is 2.41. The van der Waals surface area contributed by atoms with Crippen LogP contribution in [0.5, 0.6) is 5.75 Å². The van der Waals surface area contributed by atoms with Crippen molar-refractivity contribution in [1.82, 2.24) is 5.43 Å². The molecule has 0 bridgehead atoms. The fourth-order valence-corrected chi connectivity index (χ4v) is 2.71. The Morgan fingerprint density at radius 1 is 1.25 bits per heavy atom. The Morgan fingerprint density at radius 3 is 2.90 bits per heavy atom. The number of rotatable bonds is 5. The molecule has 0 spiro atoms. The number of hydrazine groups is 1. The second-order valence-electron chi connectivity index (χ2n) is 5.22. The normalized spacial score (nSPS) is 20.4. The standard InChI is InChI=1S/C16H23ClN2O/c17-14-9-6-10-15(11-14)20-12-16(19-18)13-7-4-2-1-3-5-8-13/h6-7,9-11,16,19H,1-5,8,12,18H2/b13-7+. The molecule has 110 valence electrons. The number of nitrogens with two attached hydrogens (primary N) is 1. The van der Waals surface area contributed by atoms with E-state index in [0.717, 1.165) is 18.6 Å². The molecule has 0 saturated heterocycles. The highest BCUT2D eigenvalue weighted by Gasteiger charge is 2.14. The zero-order valence-corrected chi connectivity index (χ0v) is 12.5. The number of hydrogen-bond acceptors (Lipinski definition) is 3. The quantitative estimate of drug-likeness (QED) is 0.493. The number of halogens is 1. The van der Waals surface area contributed by atoms with E-state index in [1.54, 1.807) is 0 Å². The molecule has 4 heteroatoms. The van der Waals surface area contributed by atoms with Crippen LogP contribution < -0.4 is 16.0 Å². The first-order valence-corrected chi connectivity index (χ1v) is 7.71. The molecule has 20 heavy (non-hydrogen) atoms. The second kappa shape index (κ2) is 8.30. The zero-order valence-electron chi connectivity index (χ0n) is 11.8. The summed E-state index contributed by atoms with van der Waals surface area (Å²) in [6.45, 7) is 0.530. The van der Waals surface area contributed by atoms with Crippen molar-refractivity contribution in [3.8, 4) is 5.75 Å². The monoisotopic (exact) mass is 294 g/mol. The number of hydrogen-bond donors (Lipinski definition) is 2. The van der Waals surface area contributed by atoms with Gasteiger partial charge in [-0.3, -0.25) is 5.84 Å². The van der Waals surface area contributed by atoms with Gasteiger partial charge in [0, 0.05) is 5.02 Å². The van der Waals surface area contributed by atoms with Crippen LogP contribution in [0.15, 0.2) is 35.9 Å². The van der Waals surface area contributed by atoms with Gasteiger partial charge < -0.3 is 4.74 Å². The van der Waals surface area contributed by atoms with Crippen LogP contribution in [-0.2, 0) is 0 Å². The molecule has 0 saturated carbocycles. The van der Waals surface area contributed by atoms with Gasteiger partial charge in [-0.25, -0.2) is 5.43 Å². The summed E-state index contributed by atoms with van der Waals surface area (Å²) in [6, 6.07) is 7.53. The lowest BCUT2D eigenvalue weighted by Gasteiger charge is -2.22. The molecule has 3 N–H and O–H groups in total. The Bertz CT molecular complexity index is 448. The van der Waals surface area contributed by atoms with Crippen LogP contribution in [0.1, 0.15) is 38.5 Å². The molecule has 1 unspecified atom stereocenters. The molecule has 1 aliphatic carbocycles. The fourth-order valence-electron chi connectivity index (χ4n) is 2.53. The predicted octanol–water partition coefficient (Wildman–Crippen LogP) is 3.83. The van der Waals surface area contributed by atoms with Crippen LogP contribution >= 0.6 is 11.6 Å². The van der Waals surface area contributed by atoms with Crippen molar-refractivity contribution < 1.29 is 4.74 Å². The lowest BCUT2D eigenvalue weighted by molar-refractivity contribution is 0.278. The zero-order chi connectivity index (χ0) is 14.2. The van der Waals surface area contributed by atoms with Gasteiger partial charge >= 0.3 is 0 Å². The largest absolute Gasteiger partial charge is 0.492 e. The highest BCUT2D eigenvalue weighted by Crippen LogP contribution is 2.21. The lowest BCUT2D eigenvalue weighted by atomic mass is 9.95. The maximum absolute atomic E-state index is 5.95. The van der Waals surface area contributed by atoms with Gasteiger partial charge in [0.15, 0.2) is 0 Å². The maximum atomic E-state index is 5.95. The third-order valence-electron chi connectivity index (χ3n) is 3.69. The highest BCUT2D eigenvalue weighted by atomic mass is 35.5. The minimum Gasteiger partial charge on any atom is -0.492 e. The van der Waals surface area contributed by atoms with Gasteiger partial charge in [0.05, 0.1) is 6.04 Å². The minimum atomic E-state index is 0.0760. The molecule has 3 nitrogen and oxygen atoms in total. The summed E-state index contributed by atoms with van der Waals surface area (Å²) in [7, 11) is 0. The van der Waals surface area contributed by atoms with E-state index in [1.165, 1.54) is 31.3 Å². The van der Waals surface area contributed by atoms with Gasteiger partial charge in [-0.05, 0) is 43.9 Å². The molecule has 0 fully saturated rings. The molecule has 1 aliphatic rings. The van der Waals surface area contributed by atoms with Gasteiger partial charge in [0.25, 0.3) is 0 Å². The van der Waals surface area contributed by atoms with Crippen molar-refractivity contribution in [2.24, 2.45) is 5.84 Å². The van der Waals surface area contributed by atoms with Crippen molar-refractivity contribution in [3.63, 3.8) is 0 Å². The van der Waals surface area contributed by atoms with E-state index in [0.29, 0.717) is 11.6 Å². The molecule has 1 aromatic rings. The van der Waals surface area contributed by atoms with Crippen LogP contribution in [0.3, 0.4) is 0 Å². The Labute approximate surface area is 126 Å². The van der Waals surface area contributed by atoms with E-state index in [1.807, 2.05) is 24.3 Å². The molecule has 1 aromatic carbocycles. The minimum absolute atomic E-state index is 0.0760. The smallest absolute Gasteiger partial charge is 0.120 e. The Morgan fingerprint density at radius 2 is 2.10 bits per heavy atom. The predicted molar refractivity (Wildman–Crippen MR) is 83.8 cm³/mol. The number of allylic oxidation sites excluding steroid dienone is 1. The summed E-state index contributed by atoms with van der Waals surface area (Å²) in [5.41, 5.74) is 4.25. The van der Waals surface area contributed by atoms with E-state index >= 15 is 0 Å². The SMILES string of the molecule is NNC(COc1cccc(Cl)c1)/C1=C/CCCCCC1. The number of ether oxygens (including phenoxy) is 1. The number of nitrogens with one attached hydrogen (secondary N) is 1. The van der Waals surface area contributed by atoms with Crippen LogP contribution in [0, 0.1) is 0 Å². The van der Waals surface area contributed by atoms with Gasteiger partial charge in [-0.2, -0.15) is 0 Å². The summed E-state index contributed by atoms with van der Waals surface area (Å²) < 4.78 is 5.80. The van der Waals surface area contributed by atoms with E-state index in [4.69, 9.17) is 22.2 Å². The molecule has 2 rings (SSSR count). The summed E-state index contributed by atoms with van der Waals surface area (Å²) in [5.74, 6) is 6.47. The summed E-state index contributed by atoms with van der Waals surface area (Å²) in [4.78, 5) is 0. The Kier molecular flexibility index (Phi) is 6.37. The van der Waals surface area contributed by atoms with Crippen molar-refractivity contribution in [1.29, 1.82) is 0 Å². The first-order valence-electron chi connectivity index (χ1n) is 7.33. The van der Waals surface area contributed by atoms with Crippen molar-refractivity contribution >= 4 is 11.6 Å². The molecule has 0 aliphatic heterocycles. The molecule has 0 heterocycles. The first-order chi connectivity index (χ1) is 9.79. The van der Waals surface area contributed by atoms with Crippen LogP contribution in [0.2, 0.25) is 5.02 Å². The van der Waals surface area contributed by atoms with Gasteiger partial charge in [0.2, 0.25) is 0 Å². The highest BCUT2D eigenvalue weighted by molar-refractivity contribution is 6.30. The summed E-state index contributed by atoms with van der Waals surface area (Å²) in [5, 5.41) is 0.685. The van der Waals surface area contributed by atoms with E-state index in [9.17, 15) is 0 Å². The average molecular weight is 295 g/mol. The Balaban J connectivity index is 1.94. The molecule has 1 atom stereocenters.